The summed E-state index contributed by atoms with van der Waals surface area (Å²) < 4.78 is 5.14. The minimum absolute atomic E-state index is 0.144. The minimum Gasteiger partial charge on any atom is -0.393 e. The highest BCUT2D eigenvalue weighted by atomic mass is 16.5. The highest BCUT2D eigenvalue weighted by Crippen LogP contribution is 2.23. The molecule has 0 bridgehead atoms. The molecular weight excluding hydrogens is 374 g/mol. The number of hydrogen-bond acceptors (Lipinski definition) is 6. The van der Waals surface area contributed by atoms with Crippen LogP contribution in [-0.4, -0.2) is 36.3 Å². The normalized spacial score (nSPS) is 12.1. The molecule has 1 aromatic heterocycles. The zero-order chi connectivity index (χ0) is 21.9. The third-order valence-corrected chi connectivity index (χ3v) is 5.51. The van der Waals surface area contributed by atoms with Crippen molar-refractivity contribution in [2.75, 3.05) is 36.6 Å². The lowest BCUT2D eigenvalue weighted by Crippen LogP contribution is -2.22. The molecule has 0 saturated heterocycles. The number of aromatic nitrogens is 2. The van der Waals surface area contributed by atoms with Crippen LogP contribution in [0.25, 0.3) is 0 Å². The number of rotatable bonds is 20. The van der Waals surface area contributed by atoms with E-state index < -0.39 is 0 Å². The number of nitrogens with zero attached hydrogens (tertiary/aromatic N) is 2. The molecule has 1 heterocycles. The second-order valence-electron chi connectivity index (χ2n) is 8.51. The molecule has 0 saturated carbocycles. The Morgan fingerprint density at radius 2 is 1.33 bits per heavy atom. The van der Waals surface area contributed by atoms with E-state index in [2.05, 4.69) is 27.5 Å². The predicted molar refractivity (Wildman–Crippen MR) is 130 cm³/mol. The number of ether oxygens (including phenoxy) is 1. The number of nitrogens with two attached hydrogens (primary N) is 1. The van der Waals surface area contributed by atoms with Gasteiger partial charge in [-0.1, -0.05) is 90.4 Å². The van der Waals surface area contributed by atoms with Crippen LogP contribution in [-0.2, 0) is 4.74 Å². The number of nitrogen functional groups attached to an aromatic ring is 1. The molecule has 0 fully saturated rings. The highest BCUT2D eigenvalue weighted by molar-refractivity contribution is 5.74. The lowest BCUT2D eigenvalue weighted by atomic mass is 10.0. The van der Waals surface area contributed by atoms with E-state index in [0.717, 1.165) is 13.0 Å². The fourth-order valence-corrected chi connectivity index (χ4v) is 3.70. The number of unbranched alkanes of at least 4 members (excludes halogenated alkanes) is 13. The Bertz CT molecular complexity index is 526. The van der Waals surface area contributed by atoms with Crippen molar-refractivity contribution < 1.29 is 4.74 Å². The molecule has 0 amide bonds. The van der Waals surface area contributed by atoms with Gasteiger partial charge in [0.05, 0.1) is 6.61 Å². The van der Waals surface area contributed by atoms with Crippen LogP contribution in [0.4, 0.5) is 17.3 Å². The fourth-order valence-electron chi connectivity index (χ4n) is 3.70. The zero-order valence-corrected chi connectivity index (χ0v) is 19.8. The fraction of sp³-hybridized carbons (Fsp3) is 0.833. The van der Waals surface area contributed by atoms with E-state index in [0.29, 0.717) is 23.9 Å². The maximum Gasteiger partial charge on any atom is 0.155 e. The van der Waals surface area contributed by atoms with Gasteiger partial charge in [-0.05, 0) is 13.3 Å². The molecule has 0 aliphatic heterocycles. The molecule has 0 aliphatic carbocycles. The summed E-state index contributed by atoms with van der Waals surface area (Å²) in [6, 6.07) is 0.144. The van der Waals surface area contributed by atoms with Crippen LogP contribution in [0.5, 0.6) is 0 Å². The average molecular weight is 422 g/mol. The molecule has 1 rings (SSSR count). The van der Waals surface area contributed by atoms with Crippen LogP contribution < -0.4 is 16.4 Å². The predicted octanol–water partition coefficient (Wildman–Crippen LogP) is 6.40. The summed E-state index contributed by atoms with van der Waals surface area (Å²) >= 11 is 0. The molecule has 1 aromatic rings. The van der Waals surface area contributed by atoms with E-state index in [4.69, 9.17) is 10.5 Å². The largest absolute Gasteiger partial charge is 0.393 e. The summed E-state index contributed by atoms with van der Waals surface area (Å²) in [5.74, 6) is 1.38. The molecule has 4 N–H and O–H groups in total. The van der Waals surface area contributed by atoms with Crippen LogP contribution >= 0.6 is 0 Å². The van der Waals surface area contributed by atoms with Gasteiger partial charge in [0, 0.05) is 19.7 Å². The maximum absolute atomic E-state index is 6.20. The molecule has 30 heavy (non-hydrogen) atoms. The Morgan fingerprint density at radius 1 is 0.833 bits per heavy atom. The third kappa shape index (κ3) is 12.9. The van der Waals surface area contributed by atoms with Gasteiger partial charge >= 0.3 is 0 Å². The van der Waals surface area contributed by atoms with Gasteiger partial charge in [0.15, 0.2) is 11.6 Å². The molecular formula is C24H47N5O. The van der Waals surface area contributed by atoms with E-state index in [1.54, 1.807) is 13.4 Å². The standard InChI is InChI=1S/C24H47N5O/c1-4-5-6-7-8-9-10-11-12-13-14-15-16-17-18-26-23-22(25)24(28-20-27-23)29-21(2)19-30-3/h20-21H,4-19,25H2,1-3H3,(H2,26,27,28,29). The van der Waals surface area contributed by atoms with Crippen molar-refractivity contribution in [1.29, 1.82) is 0 Å². The minimum atomic E-state index is 0.144. The molecule has 1 unspecified atom stereocenters. The summed E-state index contributed by atoms with van der Waals surface area (Å²) in [5.41, 5.74) is 6.77. The second kappa shape index (κ2) is 18.2. The molecule has 0 spiro atoms. The van der Waals surface area contributed by atoms with Crippen molar-refractivity contribution in [2.24, 2.45) is 0 Å². The molecule has 174 valence electrons. The first-order valence-electron chi connectivity index (χ1n) is 12.3. The van der Waals surface area contributed by atoms with Crippen LogP contribution in [0.15, 0.2) is 6.33 Å². The van der Waals surface area contributed by atoms with Gasteiger partial charge in [0.25, 0.3) is 0 Å². The van der Waals surface area contributed by atoms with Crippen molar-refractivity contribution in [2.45, 2.75) is 110 Å². The quantitative estimate of drug-likeness (QED) is 0.211. The van der Waals surface area contributed by atoms with E-state index in [-0.39, 0.29) is 6.04 Å². The Morgan fingerprint density at radius 3 is 1.87 bits per heavy atom. The second-order valence-corrected chi connectivity index (χ2v) is 8.51. The van der Waals surface area contributed by atoms with E-state index >= 15 is 0 Å². The Labute approximate surface area is 185 Å². The Hall–Kier alpha value is -1.56. The summed E-state index contributed by atoms with van der Waals surface area (Å²) in [6.45, 7) is 5.81. The monoisotopic (exact) mass is 421 g/mol. The first-order valence-corrected chi connectivity index (χ1v) is 12.3. The van der Waals surface area contributed by atoms with Gasteiger partial charge in [-0.3, -0.25) is 0 Å². The van der Waals surface area contributed by atoms with Crippen molar-refractivity contribution >= 4 is 17.3 Å². The van der Waals surface area contributed by atoms with Crippen LogP contribution in [0.2, 0.25) is 0 Å². The van der Waals surface area contributed by atoms with Crippen LogP contribution in [0.1, 0.15) is 104 Å². The molecule has 1 atom stereocenters. The van der Waals surface area contributed by atoms with E-state index in [1.165, 1.54) is 83.5 Å². The van der Waals surface area contributed by atoms with E-state index in [9.17, 15) is 0 Å². The maximum atomic E-state index is 6.20. The Kier molecular flexibility index (Phi) is 16.1. The molecule has 6 nitrogen and oxygen atoms in total. The summed E-state index contributed by atoms with van der Waals surface area (Å²) in [6.07, 6.45) is 20.8. The van der Waals surface area contributed by atoms with Gasteiger partial charge in [-0.25, -0.2) is 9.97 Å². The van der Waals surface area contributed by atoms with Gasteiger partial charge in [-0.2, -0.15) is 0 Å². The molecule has 0 aliphatic rings. The number of anilines is 3. The van der Waals surface area contributed by atoms with Crippen LogP contribution in [0.3, 0.4) is 0 Å². The zero-order valence-electron chi connectivity index (χ0n) is 19.8. The van der Waals surface area contributed by atoms with Gasteiger partial charge in [0.1, 0.15) is 12.0 Å². The third-order valence-electron chi connectivity index (χ3n) is 5.51. The van der Waals surface area contributed by atoms with Crippen molar-refractivity contribution in [1.82, 2.24) is 9.97 Å². The van der Waals surface area contributed by atoms with Gasteiger partial charge < -0.3 is 21.1 Å². The van der Waals surface area contributed by atoms with Crippen molar-refractivity contribution in [3.05, 3.63) is 6.33 Å². The van der Waals surface area contributed by atoms with Crippen LogP contribution in [0, 0.1) is 0 Å². The van der Waals surface area contributed by atoms with E-state index in [1.807, 2.05) is 6.92 Å². The molecule has 6 heteroatoms. The SMILES string of the molecule is CCCCCCCCCCCCCCCCNc1ncnc(NC(C)COC)c1N. The molecule has 0 aromatic carbocycles. The van der Waals surface area contributed by atoms with Crippen molar-refractivity contribution in [3.63, 3.8) is 0 Å². The van der Waals surface area contributed by atoms with Crippen molar-refractivity contribution in [3.8, 4) is 0 Å². The number of methoxy groups -OCH3 is 1. The summed E-state index contributed by atoms with van der Waals surface area (Å²) in [7, 11) is 1.69. The topological polar surface area (TPSA) is 85.1 Å². The first kappa shape index (κ1) is 26.5. The average Bonchev–Trinajstić information content (AvgIpc) is 2.73. The Balaban J connectivity index is 2.00. The number of hydrogen-bond donors (Lipinski definition) is 3. The molecule has 0 radical (unpaired) electrons. The van der Waals surface area contributed by atoms with Gasteiger partial charge in [-0.15, -0.1) is 0 Å². The first-order chi connectivity index (χ1) is 14.7. The summed E-state index contributed by atoms with van der Waals surface area (Å²) in [4.78, 5) is 8.52. The smallest absolute Gasteiger partial charge is 0.155 e. The highest BCUT2D eigenvalue weighted by Gasteiger charge is 2.10. The summed E-state index contributed by atoms with van der Waals surface area (Å²) in [5, 5.41) is 6.62. The number of nitrogens with one attached hydrogen (secondary N) is 2. The lowest BCUT2D eigenvalue weighted by Gasteiger charge is -2.16. The lowest BCUT2D eigenvalue weighted by molar-refractivity contribution is 0.190. The van der Waals surface area contributed by atoms with Gasteiger partial charge in [0.2, 0.25) is 0 Å².